The van der Waals surface area contributed by atoms with Gasteiger partial charge in [-0.15, -0.1) is 0 Å². The van der Waals surface area contributed by atoms with Crippen LogP contribution >= 0.6 is 11.6 Å². The summed E-state index contributed by atoms with van der Waals surface area (Å²) in [5.41, 5.74) is 1.42. The summed E-state index contributed by atoms with van der Waals surface area (Å²) < 4.78 is 0. The SMILES string of the molecule is CC1CCC(NC2CC(c3cccc(Cl)c3)C2)CC1. The third-order valence-electron chi connectivity index (χ3n) is 4.95. The minimum absolute atomic E-state index is 0.721. The monoisotopic (exact) mass is 277 g/mol. The highest BCUT2D eigenvalue weighted by atomic mass is 35.5. The number of hydrogen-bond donors (Lipinski definition) is 1. The van der Waals surface area contributed by atoms with Crippen LogP contribution in [0.2, 0.25) is 5.02 Å². The quantitative estimate of drug-likeness (QED) is 0.840. The Labute approximate surface area is 121 Å². The molecular weight excluding hydrogens is 254 g/mol. The van der Waals surface area contributed by atoms with Crippen molar-refractivity contribution in [1.29, 1.82) is 0 Å². The largest absolute Gasteiger partial charge is 0.311 e. The Balaban J connectivity index is 1.45. The number of halogens is 1. The summed E-state index contributed by atoms with van der Waals surface area (Å²) in [6.45, 7) is 2.38. The molecule has 1 N–H and O–H groups in total. The van der Waals surface area contributed by atoms with Crippen molar-refractivity contribution in [3.8, 4) is 0 Å². The second-order valence-corrected chi connectivity index (χ2v) is 6.98. The molecule has 0 saturated heterocycles. The summed E-state index contributed by atoms with van der Waals surface area (Å²) in [5, 5.41) is 4.73. The molecule has 0 aromatic heterocycles. The Morgan fingerprint density at radius 1 is 1.05 bits per heavy atom. The van der Waals surface area contributed by atoms with Gasteiger partial charge in [0.2, 0.25) is 0 Å². The lowest BCUT2D eigenvalue weighted by atomic mass is 9.75. The van der Waals surface area contributed by atoms with E-state index in [1.165, 1.54) is 44.1 Å². The van der Waals surface area contributed by atoms with Crippen molar-refractivity contribution < 1.29 is 0 Å². The van der Waals surface area contributed by atoms with Gasteiger partial charge in [-0.2, -0.15) is 0 Å². The molecule has 0 unspecified atom stereocenters. The number of rotatable bonds is 3. The van der Waals surface area contributed by atoms with E-state index in [1.807, 2.05) is 6.07 Å². The van der Waals surface area contributed by atoms with Gasteiger partial charge in [0.15, 0.2) is 0 Å². The third kappa shape index (κ3) is 3.32. The molecular formula is C17H24ClN. The summed E-state index contributed by atoms with van der Waals surface area (Å²) >= 11 is 6.06. The maximum absolute atomic E-state index is 6.06. The first-order valence-electron chi connectivity index (χ1n) is 7.72. The van der Waals surface area contributed by atoms with E-state index >= 15 is 0 Å². The van der Waals surface area contributed by atoms with Gasteiger partial charge in [0.1, 0.15) is 0 Å². The highest BCUT2D eigenvalue weighted by molar-refractivity contribution is 6.30. The molecule has 0 amide bonds. The van der Waals surface area contributed by atoms with Crippen molar-refractivity contribution in [3.05, 3.63) is 34.9 Å². The fraction of sp³-hybridized carbons (Fsp3) is 0.647. The molecule has 19 heavy (non-hydrogen) atoms. The molecule has 0 radical (unpaired) electrons. The predicted molar refractivity (Wildman–Crippen MR) is 81.8 cm³/mol. The summed E-state index contributed by atoms with van der Waals surface area (Å²) in [6, 6.07) is 9.90. The van der Waals surface area contributed by atoms with Gasteiger partial charge in [-0.25, -0.2) is 0 Å². The Morgan fingerprint density at radius 3 is 2.47 bits per heavy atom. The zero-order valence-corrected chi connectivity index (χ0v) is 12.5. The molecule has 1 nitrogen and oxygen atoms in total. The fourth-order valence-electron chi connectivity index (χ4n) is 3.55. The van der Waals surface area contributed by atoms with E-state index in [0.717, 1.165) is 28.9 Å². The standard InChI is InChI=1S/C17H24ClN/c1-12-5-7-16(8-6-12)19-17-10-14(11-17)13-3-2-4-15(18)9-13/h2-4,9,12,14,16-17,19H,5-8,10-11H2,1H3. The Kier molecular flexibility index (Phi) is 4.14. The number of hydrogen-bond acceptors (Lipinski definition) is 1. The molecule has 0 atom stereocenters. The minimum Gasteiger partial charge on any atom is -0.311 e. The zero-order chi connectivity index (χ0) is 13.2. The molecule has 0 aliphatic heterocycles. The van der Waals surface area contributed by atoms with E-state index in [0.29, 0.717) is 0 Å². The van der Waals surface area contributed by atoms with Crippen LogP contribution in [-0.2, 0) is 0 Å². The van der Waals surface area contributed by atoms with Crippen LogP contribution in [0.5, 0.6) is 0 Å². The Morgan fingerprint density at radius 2 is 1.79 bits per heavy atom. The molecule has 0 heterocycles. The lowest BCUT2D eigenvalue weighted by Crippen LogP contribution is -2.46. The summed E-state index contributed by atoms with van der Waals surface area (Å²) in [5.74, 6) is 1.66. The van der Waals surface area contributed by atoms with Gasteiger partial charge >= 0.3 is 0 Å². The Hall–Kier alpha value is -0.530. The van der Waals surface area contributed by atoms with Gasteiger partial charge in [-0.05, 0) is 68.1 Å². The van der Waals surface area contributed by atoms with Crippen molar-refractivity contribution in [3.63, 3.8) is 0 Å². The molecule has 2 fully saturated rings. The van der Waals surface area contributed by atoms with Gasteiger partial charge in [0.25, 0.3) is 0 Å². The van der Waals surface area contributed by atoms with Crippen LogP contribution in [0.1, 0.15) is 56.9 Å². The van der Waals surface area contributed by atoms with Gasteiger partial charge in [-0.1, -0.05) is 30.7 Å². The highest BCUT2D eigenvalue weighted by Gasteiger charge is 2.32. The van der Waals surface area contributed by atoms with Crippen molar-refractivity contribution >= 4 is 11.6 Å². The smallest absolute Gasteiger partial charge is 0.0408 e. The van der Waals surface area contributed by atoms with E-state index in [1.54, 1.807) is 0 Å². The van der Waals surface area contributed by atoms with Crippen LogP contribution in [-0.4, -0.2) is 12.1 Å². The van der Waals surface area contributed by atoms with Gasteiger partial charge in [0.05, 0.1) is 0 Å². The predicted octanol–water partition coefficient (Wildman–Crippen LogP) is 4.75. The second-order valence-electron chi connectivity index (χ2n) is 6.54. The van der Waals surface area contributed by atoms with Crippen molar-refractivity contribution in [2.24, 2.45) is 5.92 Å². The van der Waals surface area contributed by atoms with Crippen LogP contribution in [0.4, 0.5) is 0 Å². The zero-order valence-electron chi connectivity index (χ0n) is 11.7. The highest BCUT2D eigenvalue weighted by Crippen LogP contribution is 2.38. The lowest BCUT2D eigenvalue weighted by molar-refractivity contribution is 0.221. The van der Waals surface area contributed by atoms with E-state index in [9.17, 15) is 0 Å². The van der Waals surface area contributed by atoms with Gasteiger partial charge in [-0.3, -0.25) is 0 Å². The molecule has 0 bridgehead atoms. The second kappa shape index (κ2) is 5.85. The summed E-state index contributed by atoms with van der Waals surface area (Å²) in [4.78, 5) is 0. The molecule has 1 aromatic rings. The summed E-state index contributed by atoms with van der Waals surface area (Å²) in [6.07, 6.45) is 8.13. The normalized spacial score (nSPS) is 34.8. The molecule has 2 saturated carbocycles. The minimum atomic E-state index is 0.721. The van der Waals surface area contributed by atoms with Gasteiger partial charge < -0.3 is 5.32 Å². The van der Waals surface area contributed by atoms with Gasteiger partial charge in [0, 0.05) is 17.1 Å². The van der Waals surface area contributed by atoms with Crippen LogP contribution in [0.15, 0.2) is 24.3 Å². The maximum Gasteiger partial charge on any atom is 0.0408 e. The van der Waals surface area contributed by atoms with Crippen LogP contribution in [0.25, 0.3) is 0 Å². The molecule has 2 aliphatic carbocycles. The number of benzene rings is 1. The van der Waals surface area contributed by atoms with E-state index < -0.39 is 0 Å². The number of nitrogens with one attached hydrogen (secondary N) is 1. The maximum atomic E-state index is 6.06. The van der Waals surface area contributed by atoms with Crippen molar-refractivity contribution in [2.75, 3.05) is 0 Å². The molecule has 2 aliphatic rings. The first-order chi connectivity index (χ1) is 9.20. The molecule has 104 valence electrons. The Bertz CT molecular complexity index is 417. The topological polar surface area (TPSA) is 12.0 Å². The molecule has 2 heteroatoms. The first kappa shape index (κ1) is 13.5. The summed E-state index contributed by atoms with van der Waals surface area (Å²) in [7, 11) is 0. The van der Waals surface area contributed by atoms with Crippen molar-refractivity contribution in [2.45, 2.75) is 63.5 Å². The first-order valence-corrected chi connectivity index (χ1v) is 8.10. The van der Waals surface area contributed by atoms with E-state index in [4.69, 9.17) is 11.6 Å². The average molecular weight is 278 g/mol. The van der Waals surface area contributed by atoms with Crippen LogP contribution in [0, 0.1) is 5.92 Å². The van der Waals surface area contributed by atoms with Crippen LogP contribution in [0.3, 0.4) is 0 Å². The van der Waals surface area contributed by atoms with E-state index in [-0.39, 0.29) is 0 Å². The lowest BCUT2D eigenvalue weighted by Gasteiger charge is -2.40. The fourth-order valence-corrected chi connectivity index (χ4v) is 3.75. The average Bonchev–Trinajstić information content (AvgIpc) is 2.35. The third-order valence-corrected chi connectivity index (χ3v) is 5.18. The molecule has 0 spiro atoms. The molecule has 1 aromatic carbocycles. The molecule has 3 rings (SSSR count). The van der Waals surface area contributed by atoms with E-state index in [2.05, 4.69) is 30.4 Å². The van der Waals surface area contributed by atoms with Crippen molar-refractivity contribution in [1.82, 2.24) is 5.32 Å². The van der Waals surface area contributed by atoms with Crippen LogP contribution < -0.4 is 5.32 Å².